The lowest BCUT2D eigenvalue weighted by Gasteiger charge is -2.26. The number of carbonyl (C=O) groups excluding carboxylic acids is 2. The van der Waals surface area contributed by atoms with Gasteiger partial charge in [0.05, 0.1) is 6.54 Å². The second-order valence-corrected chi connectivity index (χ2v) is 8.13. The van der Waals surface area contributed by atoms with Gasteiger partial charge >= 0.3 is 6.03 Å². The maximum absolute atomic E-state index is 12.7. The van der Waals surface area contributed by atoms with Gasteiger partial charge in [0.15, 0.2) is 0 Å². The lowest BCUT2D eigenvalue weighted by Crippen LogP contribution is -2.39. The number of hydrogen-bond acceptors (Lipinski definition) is 4. The molecule has 0 fully saturated rings. The Morgan fingerprint density at radius 3 is 2.75 bits per heavy atom. The number of unbranched alkanes of at least 4 members (excludes halogenated alkanes) is 2. The fraction of sp³-hybridized carbons (Fsp3) is 0.450. The minimum Gasteiger partial charge on any atom is -0.351 e. The van der Waals surface area contributed by atoms with Crippen molar-refractivity contribution >= 4 is 40.6 Å². The van der Waals surface area contributed by atoms with Gasteiger partial charge in [0.25, 0.3) is 5.91 Å². The maximum atomic E-state index is 12.7. The van der Waals surface area contributed by atoms with Crippen molar-refractivity contribution in [2.75, 3.05) is 11.9 Å². The van der Waals surface area contributed by atoms with Crippen molar-refractivity contribution in [1.29, 1.82) is 0 Å². The van der Waals surface area contributed by atoms with Crippen LogP contribution in [0.15, 0.2) is 29.6 Å². The van der Waals surface area contributed by atoms with Crippen LogP contribution in [0.2, 0.25) is 5.02 Å². The van der Waals surface area contributed by atoms with Crippen LogP contribution in [-0.4, -0.2) is 34.4 Å². The molecule has 0 aliphatic carbocycles. The number of anilines is 1. The number of nitrogens with one attached hydrogen (secondary N) is 2. The van der Waals surface area contributed by atoms with E-state index in [2.05, 4.69) is 22.5 Å². The topological polar surface area (TPSA) is 74.3 Å². The molecule has 28 heavy (non-hydrogen) atoms. The molecule has 0 radical (unpaired) electrons. The van der Waals surface area contributed by atoms with E-state index in [0.717, 1.165) is 19.3 Å². The molecule has 6 nitrogen and oxygen atoms in total. The predicted molar refractivity (Wildman–Crippen MR) is 115 cm³/mol. The Morgan fingerprint density at radius 2 is 2.07 bits per heavy atom. The van der Waals surface area contributed by atoms with Crippen LogP contribution >= 0.6 is 22.9 Å². The van der Waals surface area contributed by atoms with Crippen molar-refractivity contribution in [3.8, 4) is 0 Å². The molecule has 2 aromatic rings. The van der Waals surface area contributed by atoms with Crippen LogP contribution in [0.5, 0.6) is 0 Å². The van der Waals surface area contributed by atoms with Crippen LogP contribution in [0.25, 0.3) is 0 Å². The summed E-state index contributed by atoms with van der Waals surface area (Å²) in [4.78, 5) is 30.9. The molecule has 1 aromatic carbocycles. The lowest BCUT2D eigenvalue weighted by molar-refractivity contribution is 0.0948. The van der Waals surface area contributed by atoms with E-state index in [-0.39, 0.29) is 18.0 Å². The molecular weight excluding hydrogens is 396 g/mol. The van der Waals surface area contributed by atoms with Gasteiger partial charge in [0.1, 0.15) is 10.7 Å². The molecule has 152 valence electrons. The molecule has 0 unspecified atom stereocenters. The fourth-order valence-corrected chi connectivity index (χ4v) is 3.51. The Morgan fingerprint density at radius 1 is 1.29 bits per heavy atom. The zero-order valence-electron chi connectivity index (χ0n) is 16.5. The fourth-order valence-electron chi connectivity index (χ4n) is 2.55. The third kappa shape index (κ3) is 6.80. The molecule has 0 saturated carbocycles. The second kappa shape index (κ2) is 11.0. The highest BCUT2D eigenvalue weighted by Gasteiger charge is 2.20. The molecule has 0 aliphatic rings. The molecule has 0 atom stereocenters. The van der Waals surface area contributed by atoms with Gasteiger partial charge in [-0.2, -0.15) is 0 Å². The van der Waals surface area contributed by atoms with E-state index in [0.29, 0.717) is 34.5 Å². The van der Waals surface area contributed by atoms with Crippen molar-refractivity contribution < 1.29 is 9.59 Å². The normalized spacial score (nSPS) is 10.8. The van der Waals surface area contributed by atoms with E-state index < -0.39 is 0 Å². The van der Waals surface area contributed by atoms with Crippen molar-refractivity contribution in [2.45, 2.75) is 52.6 Å². The van der Waals surface area contributed by atoms with Gasteiger partial charge in [0.2, 0.25) is 0 Å². The largest absolute Gasteiger partial charge is 0.351 e. The zero-order valence-corrected chi connectivity index (χ0v) is 18.1. The number of amides is 3. The van der Waals surface area contributed by atoms with Gasteiger partial charge in [-0.25, -0.2) is 9.78 Å². The van der Waals surface area contributed by atoms with Gasteiger partial charge in [-0.05, 0) is 38.5 Å². The summed E-state index contributed by atoms with van der Waals surface area (Å²) in [5.74, 6) is -0.168. The Bertz CT molecular complexity index is 794. The molecule has 0 aliphatic heterocycles. The van der Waals surface area contributed by atoms with Gasteiger partial charge in [-0.15, -0.1) is 11.3 Å². The van der Waals surface area contributed by atoms with E-state index in [1.807, 2.05) is 13.8 Å². The van der Waals surface area contributed by atoms with Gasteiger partial charge in [-0.1, -0.05) is 37.4 Å². The summed E-state index contributed by atoms with van der Waals surface area (Å²) in [5, 5.41) is 8.75. The summed E-state index contributed by atoms with van der Waals surface area (Å²) in [5.41, 5.74) is 1.03. The minimum atomic E-state index is -0.238. The number of hydrogen-bond donors (Lipinski definition) is 2. The number of rotatable bonds is 9. The molecule has 2 N–H and O–H groups in total. The molecule has 8 heteroatoms. The smallest absolute Gasteiger partial charge is 0.322 e. The monoisotopic (exact) mass is 422 g/mol. The van der Waals surface area contributed by atoms with E-state index in [1.54, 1.807) is 34.5 Å². The van der Waals surface area contributed by atoms with Crippen LogP contribution in [0.3, 0.4) is 0 Å². The highest BCUT2D eigenvalue weighted by atomic mass is 35.5. The SMILES string of the molecule is CCCCCNC(=O)c1csc(CN(C(=O)Nc2cccc(Cl)c2)C(C)C)n1. The highest BCUT2D eigenvalue weighted by molar-refractivity contribution is 7.09. The van der Waals surface area contributed by atoms with Gasteiger partial charge in [-0.3, -0.25) is 4.79 Å². The molecule has 1 heterocycles. The number of carbonyl (C=O) groups is 2. The summed E-state index contributed by atoms with van der Waals surface area (Å²) in [6.07, 6.45) is 3.16. The zero-order chi connectivity index (χ0) is 20.5. The number of aromatic nitrogens is 1. The van der Waals surface area contributed by atoms with Crippen LogP contribution in [-0.2, 0) is 6.54 Å². The van der Waals surface area contributed by atoms with Crippen LogP contribution < -0.4 is 10.6 Å². The summed E-state index contributed by atoms with van der Waals surface area (Å²) >= 11 is 7.35. The first-order chi connectivity index (χ1) is 13.4. The Hall–Kier alpha value is -2.12. The van der Waals surface area contributed by atoms with Crippen molar-refractivity contribution in [1.82, 2.24) is 15.2 Å². The van der Waals surface area contributed by atoms with Crippen molar-refractivity contribution in [2.24, 2.45) is 0 Å². The average molecular weight is 423 g/mol. The number of thiazole rings is 1. The standard InChI is InChI=1S/C20H27ClN4O2S/c1-4-5-6-10-22-19(26)17-13-28-18(24-17)12-25(14(2)3)20(27)23-16-9-7-8-15(21)11-16/h7-9,11,13-14H,4-6,10,12H2,1-3H3,(H,22,26)(H,23,27). The maximum Gasteiger partial charge on any atom is 0.322 e. The summed E-state index contributed by atoms with van der Waals surface area (Å²) in [7, 11) is 0. The van der Waals surface area contributed by atoms with Crippen LogP contribution in [0.4, 0.5) is 10.5 Å². The van der Waals surface area contributed by atoms with E-state index in [1.165, 1.54) is 11.3 Å². The summed E-state index contributed by atoms with van der Waals surface area (Å²) in [6, 6.07) is 6.74. The summed E-state index contributed by atoms with van der Waals surface area (Å²) < 4.78 is 0. The third-order valence-electron chi connectivity index (χ3n) is 4.12. The molecule has 0 bridgehead atoms. The van der Waals surface area contributed by atoms with E-state index in [9.17, 15) is 9.59 Å². The Kier molecular flexibility index (Phi) is 8.73. The summed E-state index contributed by atoms with van der Waals surface area (Å²) in [6.45, 7) is 6.98. The first kappa shape index (κ1) is 22.2. The number of halogens is 1. The highest BCUT2D eigenvalue weighted by Crippen LogP contribution is 2.18. The Balaban J connectivity index is 1.97. The number of nitrogens with zero attached hydrogens (tertiary/aromatic N) is 2. The van der Waals surface area contributed by atoms with Crippen molar-refractivity contribution in [3.05, 3.63) is 45.4 Å². The number of urea groups is 1. The molecule has 1 aromatic heterocycles. The van der Waals surface area contributed by atoms with E-state index in [4.69, 9.17) is 11.6 Å². The predicted octanol–water partition coefficient (Wildman–Crippen LogP) is 5.16. The Labute approximate surface area is 175 Å². The second-order valence-electron chi connectivity index (χ2n) is 6.75. The van der Waals surface area contributed by atoms with Gasteiger partial charge in [0, 0.05) is 28.7 Å². The third-order valence-corrected chi connectivity index (χ3v) is 5.18. The first-order valence-corrected chi connectivity index (χ1v) is 10.7. The molecule has 0 spiro atoms. The average Bonchev–Trinajstić information content (AvgIpc) is 3.11. The van der Waals surface area contributed by atoms with Crippen molar-refractivity contribution in [3.63, 3.8) is 0 Å². The first-order valence-electron chi connectivity index (χ1n) is 9.46. The molecule has 2 rings (SSSR count). The van der Waals surface area contributed by atoms with Gasteiger partial charge < -0.3 is 15.5 Å². The molecular formula is C20H27ClN4O2S. The quantitative estimate of drug-likeness (QED) is 0.548. The minimum absolute atomic E-state index is 0.0330. The van der Waals surface area contributed by atoms with E-state index >= 15 is 0 Å². The lowest BCUT2D eigenvalue weighted by atomic mass is 10.2. The van der Waals surface area contributed by atoms with Crippen LogP contribution in [0.1, 0.15) is 55.5 Å². The molecule has 0 saturated heterocycles. The molecule has 3 amide bonds. The van der Waals surface area contributed by atoms with Crippen LogP contribution in [0, 0.1) is 0 Å². The number of benzene rings is 1.